The molecule has 1 aromatic heterocycles. The molecule has 0 aliphatic rings. The van der Waals surface area contributed by atoms with Gasteiger partial charge in [0.25, 0.3) is 0 Å². The van der Waals surface area contributed by atoms with Crippen molar-refractivity contribution in [3.63, 3.8) is 0 Å². The Kier molecular flexibility index (Phi) is 4.89. The summed E-state index contributed by atoms with van der Waals surface area (Å²) < 4.78 is 6.47. The van der Waals surface area contributed by atoms with E-state index in [1.54, 1.807) is 32.5 Å². The Morgan fingerprint density at radius 2 is 2.17 bits per heavy atom. The second-order valence-corrected chi connectivity index (χ2v) is 5.17. The third-order valence-electron chi connectivity index (χ3n) is 2.49. The first-order valence-corrected chi connectivity index (χ1v) is 6.55. The number of ether oxygens (including phenoxy) is 1. The van der Waals surface area contributed by atoms with Gasteiger partial charge in [-0.25, -0.2) is 9.67 Å². The standard InChI is InChI=1S/C11H17N3O3S/c1-5-17-9(16)11(2,3)8(15)6-18-10-12-7-13-14(10)4/h7H,5-6H2,1-4H3. The summed E-state index contributed by atoms with van der Waals surface area (Å²) in [4.78, 5) is 27.7. The Bertz CT molecular complexity index is 442. The highest BCUT2D eigenvalue weighted by Gasteiger charge is 2.37. The van der Waals surface area contributed by atoms with Crippen LogP contribution in [0.25, 0.3) is 0 Å². The lowest BCUT2D eigenvalue weighted by molar-refractivity contribution is -0.157. The van der Waals surface area contributed by atoms with Gasteiger partial charge in [-0.15, -0.1) is 0 Å². The van der Waals surface area contributed by atoms with E-state index in [0.717, 1.165) is 0 Å². The molecule has 0 saturated heterocycles. The number of carbonyl (C=O) groups is 2. The number of Topliss-reactive ketones (excluding diaryl/α,β-unsaturated/α-hetero) is 1. The minimum Gasteiger partial charge on any atom is -0.465 e. The highest BCUT2D eigenvalue weighted by atomic mass is 32.2. The fourth-order valence-corrected chi connectivity index (χ4v) is 2.13. The van der Waals surface area contributed by atoms with Crippen molar-refractivity contribution in [2.24, 2.45) is 12.5 Å². The highest BCUT2D eigenvalue weighted by molar-refractivity contribution is 7.99. The van der Waals surface area contributed by atoms with Gasteiger partial charge in [0.05, 0.1) is 12.4 Å². The molecule has 7 heteroatoms. The van der Waals surface area contributed by atoms with Crippen molar-refractivity contribution in [3.8, 4) is 0 Å². The molecule has 0 spiro atoms. The molecule has 0 bridgehead atoms. The van der Waals surface area contributed by atoms with Gasteiger partial charge in [0.2, 0.25) is 0 Å². The van der Waals surface area contributed by atoms with Crippen LogP contribution < -0.4 is 0 Å². The molecule has 0 saturated carbocycles. The van der Waals surface area contributed by atoms with E-state index in [0.29, 0.717) is 5.16 Å². The number of hydrogen-bond donors (Lipinski definition) is 0. The number of hydrogen-bond acceptors (Lipinski definition) is 6. The quantitative estimate of drug-likeness (QED) is 0.437. The summed E-state index contributed by atoms with van der Waals surface area (Å²) in [6, 6.07) is 0. The molecule has 0 aromatic carbocycles. The lowest BCUT2D eigenvalue weighted by atomic mass is 9.89. The lowest BCUT2D eigenvalue weighted by Crippen LogP contribution is -2.36. The molecule has 0 aliphatic heterocycles. The molecule has 0 fully saturated rings. The van der Waals surface area contributed by atoms with Crippen LogP contribution in [-0.2, 0) is 21.4 Å². The zero-order valence-electron chi connectivity index (χ0n) is 11.0. The molecule has 0 atom stereocenters. The third-order valence-corrected chi connectivity index (χ3v) is 3.52. The molecule has 18 heavy (non-hydrogen) atoms. The number of nitrogens with zero attached hydrogens (tertiary/aromatic N) is 3. The van der Waals surface area contributed by atoms with Crippen molar-refractivity contribution in [2.45, 2.75) is 25.9 Å². The van der Waals surface area contributed by atoms with E-state index < -0.39 is 11.4 Å². The summed E-state index contributed by atoms with van der Waals surface area (Å²) in [5, 5.41) is 4.54. The molecule has 0 unspecified atom stereocenters. The highest BCUT2D eigenvalue weighted by Crippen LogP contribution is 2.23. The predicted molar refractivity (Wildman–Crippen MR) is 67.1 cm³/mol. The zero-order valence-corrected chi connectivity index (χ0v) is 11.8. The fraction of sp³-hybridized carbons (Fsp3) is 0.636. The van der Waals surface area contributed by atoms with E-state index >= 15 is 0 Å². The number of thioether (sulfide) groups is 1. The van der Waals surface area contributed by atoms with Crippen molar-refractivity contribution >= 4 is 23.5 Å². The summed E-state index contributed by atoms with van der Waals surface area (Å²) in [7, 11) is 1.75. The molecule has 0 N–H and O–H groups in total. The molecule has 1 heterocycles. The normalized spacial score (nSPS) is 11.3. The van der Waals surface area contributed by atoms with Crippen LogP contribution in [0.2, 0.25) is 0 Å². The van der Waals surface area contributed by atoms with E-state index in [4.69, 9.17) is 4.74 Å². The summed E-state index contributed by atoms with van der Waals surface area (Å²) in [6.07, 6.45) is 1.42. The van der Waals surface area contributed by atoms with Crippen LogP contribution >= 0.6 is 11.8 Å². The van der Waals surface area contributed by atoms with E-state index in [1.165, 1.54) is 18.1 Å². The van der Waals surface area contributed by atoms with Crippen LogP contribution in [0.4, 0.5) is 0 Å². The Balaban J connectivity index is 2.60. The summed E-state index contributed by atoms with van der Waals surface area (Å²) in [5.74, 6) is -0.513. The van der Waals surface area contributed by atoms with Crippen molar-refractivity contribution in [1.29, 1.82) is 0 Å². The van der Waals surface area contributed by atoms with Crippen LogP contribution in [0.1, 0.15) is 20.8 Å². The van der Waals surface area contributed by atoms with Crippen molar-refractivity contribution < 1.29 is 14.3 Å². The Labute approximate surface area is 110 Å². The number of rotatable bonds is 6. The molecule has 6 nitrogen and oxygen atoms in total. The maximum atomic E-state index is 12.0. The molecule has 0 amide bonds. The van der Waals surface area contributed by atoms with Gasteiger partial charge in [0.1, 0.15) is 11.7 Å². The minimum absolute atomic E-state index is 0.165. The van der Waals surface area contributed by atoms with Crippen LogP contribution in [-0.4, -0.2) is 38.9 Å². The maximum absolute atomic E-state index is 12.0. The van der Waals surface area contributed by atoms with Gasteiger partial charge >= 0.3 is 5.97 Å². The van der Waals surface area contributed by atoms with Gasteiger partial charge in [-0.3, -0.25) is 9.59 Å². The summed E-state index contributed by atoms with van der Waals surface area (Å²) >= 11 is 1.26. The summed E-state index contributed by atoms with van der Waals surface area (Å²) in [5.41, 5.74) is -1.12. The van der Waals surface area contributed by atoms with E-state index in [1.807, 2.05) is 0 Å². The second-order valence-electron chi connectivity index (χ2n) is 4.22. The van der Waals surface area contributed by atoms with Crippen LogP contribution in [0.3, 0.4) is 0 Å². The first kappa shape index (κ1) is 14.7. The molecule has 0 aliphatic carbocycles. The lowest BCUT2D eigenvalue weighted by Gasteiger charge is -2.20. The zero-order chi connectivity index (χ0) is 13.8. The Morgan fingerprint density at radius 3 is 2.67 bits per heavy atom. The smallest absolute Gasteiger partial charge is 0.319 e. The fourth-order valence-electron chi connectivity index (χ4n) is 1.15. The van der Waals surface area contributed by atoms with E-state index in [9.17, 15) is 9.59 Å². The molecule has 100 valence electrons. The molecule has 0 radical (unpaired) electrons. The van der Waals surface area contributed by atoms with Crippen LogP contribution in [0.5, 0.6) is 0 Å². The number of ketones is 1. The van der Waals surface area contributed by atoms with Crippen molar-refractivity contribution in [2.75, 3.05) is 12.4 Å². The van der Waals surface area contributed by atoms with E-state index in [-0.39, 0.29) is 18.1 Å². The largest absolute Gasteiger partial charge is 0.465 e. The van der Waals surface area contributed by atoms with Crippen molar-refractivity contribution in [3.05, 3.63) is 6.33 Å². The third kappa shape index (κ3) is 3.32. The van der Waals surface area contributed by atoms with Crippen LogP contribution in [0.15, 0.2) is 11.5 Å². The van der Waals surface area contributed by atoms with Gasteiger partial charge in [0.15, 0.2) is 10.9 Å². The monoisotopic (exact) mass is 271 g/mol. The number of aryl methyl sites for hydroxylation is 1. The minimum atomic E-state index is -1.12. The average molecular weight is 271 g/mol. The Hall–Kier alpha value is -1.37. The molecule has 1 rings (SSSR count). The average Bonchev–Trinajstić information content (AvgIpc) is 2.72. The number of aromatic nitrogens is 3. The van der Waals surface area contributed by atoms with Crippen LogP contribution in [0, 0.1) is 5.41 Å². The predicted octanol–water partition coefficient (Wildman–Crippen LogP) is 1.07. The first-order chi connectivity index (χ1) is 8.39. The van der Waals surface area contributed by atoms with Gasteiger partial charge in [-0.05, 0) is 20.8 Å². The number of esters is 1. The summed E-state index contributed by atoms with van der Waals surface area (Å²) in [6.45, 7) is 5.13. The maximum Gasteiger partial charge on any atom is 0.319 e. The topological polar surface area (TPSA) is 74.1 Å². The molecular weight excluding hydrogens is 254 g/mol. The SMILES string of the molecule is CCOC(=O)C(C)(C)C(=O)CSc1ncnn1C. The van der Waals surface area contributed by atoms with Gasteiger partial charge in [-0.2, -0.15) is 5.10 Å². The molecular formula is C11H17N3O3S. The molecule has 1 aromatic rings. The second kappa shape index (κ2) is 5.99. The van der Waals surface area contributed by atoms with Gasteiger partial charge in [0, 0.05) is 7.05 Å². The van der Waals surface area contributed by atoms with Gasteiger partial charge < -0.3 is 4.74 Å². The first-order valence-electron chi connectivity index (χ1n) is 5.57. The Morgan fingerprint density at radius 1 is 1.50 bits per heavy atom. The number of carbonyl (C=O) groups excluding carboxylic acids is 2. The van der Waals surface area contributed by atoms with Gasteiger partial charge in [-0.1, -0.05) is 11.8 Å². The van der Waals surface area contributed by atoms with E-state index in [2.05, 4.69) is 10.1 Å². The van der Waals surface area contributed by atoms with Crippen molar-refractivity contribution in [1.82, 2.24) is 14.8 Å².